The van der Waals surface area contributed by atoms with E-state index in [9.17, 15) is 18.0 Å². The number of anilines is 1. The molecule has 0 aliphatic carbocycles. The Morgan fingerprint density at radius 2 is 1.94 bits per heavy atom. The Balaban J connectivity index is 1.81. The minimum atomic E-state index is -3.21. The van der Waals surface area contributed by atoms with Gasteiger partial charge in [-0.25, -0.2) is 13.2 Å². The van der Waals surface area contributed by atoms with E-state index < -0.39 is 27.4 Å². The van der Waals surface area contributed by atoms with Gasteiger partial charge in [0.1, 0.15) is 17.1 Å². The third-order valence-corrected chi connectivity index (χ3v) is 8.15. The van der Waals surface area contributed by atoms with Crippen molar-refractivity contribution in [2.24, 2.45) is 4.99 Å². The number of amidine groups is 1. The highest BCUT2D eigenvalue weighted by atomic mass is 32.2. The molecule has 2 amide bonds. The van der Waals surface area contributed by atoms with Crippen LogP contribution in [0.5, 0.6) is 11.5 Å². The molecule has 10 nitrogen and oxygen atoms in total. The number of ether oxygens (including phenoxy) is 3. The smallest absolute Gasteiger partial charge is 0.407 e. The fourth-order valence-corrected chi connectivity index (χ4v) is 7.50. The molecule has 1 aromatic rings. The van der Waals surface area contributed by atoms with E-state index in [1.54, 1.807) is 43.9 Å². The van der Waals surface area contributed by atoms with Gasteiger partial charge in [0, 0.05) is 24.3 Å². The third kappa shape index (κ3) is 6.32. The predicted octanol–water partition coefficient (Wildman–Crippen LogP) is 2.22. The van der Waals surface area contributed by atoms with Gasteiger partial charge in [-0.05, 0) is 32.9 Å². The van der Waals surface area contributed by atoms with Gasteiger partial charge in [0.25, 0.3) is 0 Å². The van der Waals surface area contributed by atoms with Crippen molar-refractivity contribution < 1.29 is 32.2 Å². The number of methoxy groups -OCH3 is 2. The van der Waals surface area contributed by atoms with Crippen molar-refractivity contribution in [2.75, 3.05) is 37.2 Å². The monoisotopic (exact) mass is 499 g/mol. The van der Waals surface area contributed by atoms with E-state index in [0.717, 1.165) is 0 Å². The lowest BCUT2D eigenvalue weighted by atomic mass is 10.2. The number of carbonyl (C=O) groups is 2. The van der Waals surface area contributed by atoms with Crippen molar-refractivity contribution in [3.63, 3.8) is 0 Å². The summed E-state index contributed by atoms with van der Waals surface area (Å²) in [6.07, 6.45) is -0.638. The Bertz CT molecular complexity index is 1050. The van der Waals surface area contributed by atoms with Crippen molar-refractivity contribution in [1.29, 1.82) is 0 Å². The molecule has 1 N–H and O–H groups in total. The second-order valence-corrected chi connectivity index (χ2v) is 12.0. The Kier molecular flexibility index (Phi) is 7.47. The zero-order valence-electron chi connectivity index (χ0n) is 19.3. The standard InChI is InChI=1S/C21H29N3O7S2/c1-21(2,3)31-20(26)22-9-8-18(25)23-19-24(15-11-33(27,28)12-17(15)32-19)14-10-13(29-4)6-7-16(14)30-5/h6-7,10,15,17H,8-9,11-12H2,1-5H3,(H,22,26)/t15-,17-/m1/s1. The van der Waals surface area contributed by atoms with Crippen LogP contribution in [0, 0.1) is 0 Å². The zero-order chi connectivity index (χ0) is 24.4. The number of benzene rings is 1. The van der Waals surface area contributed by atoms with Crippen molar-refractivity contribution in [1.82, 2.24) is 5.32 Å². The van der Waals surface area contributed by atoms with Gasteiger partial charge in [-0.15, -0.1) is 0 Å². The van der Waals surface area contributed by atoms with Gasteiger partial charge in [0.2, 0.25) is 5.91 Å². The van der Waals surface area contributed by atoms with Crippen LogP contribution >= 0.6 is 11.8 Å². The Morgan fingerprint density at radius 3 is 2.58 bits per heavy atom. The molecule has 2 saturated heterocycles. The fraction of sp³-hybridized carbons (Fsp3) is 0.571. The first kappa shape index (κ1) is 25.2. The van der Waals surface area contributed by atoms with Crippen LogP contribution < -0.4 is 19.7 Å². The van der Waals surface area contributed by atoms with Gasteiger partial charge in [-0.3, -0.25) is 4.79 Å². The molecule has 1 aromatic carbocycles. The van der Waals surface area contributed by atoms with E-state index >= 15 is 0 Å². The highest BCUT2D eigenvalue weighted by Gasteiger charge is 2.50. The van der Waals surface area contributed by atoms with Gasteiger partial charge in [-0.2, -0.15) is 4.99 Å². The van der Waals surface area contributed by atoms with Crippen LogP contribution in [-0.4, -0.2) is 74.7 Å². The molecule has 2 fully saturated rings. The first-order valence-corrected chi connectivity index (χ1v) is 13.1. The van der Waals surface area contributed by atoms with Crippen LogP contribution in [-0.2, 0) is 19.4 Å². The molecule has 0 aromatic heterocycles. The number of rotatable bonds is 6. The molecule has 2 heterocycles. The topological polar surface area (TPSA) is 124 Å². The third-order valence-electron chi connectivity index (χ3n) is 4.94. The number of sulfone groups is 1. The van der Waals surface area contributed by atoms with E-state index in [1.807, 2.05) is 0 Å². The molecule has 0 bridgehead atoms. The largest absolute Gasteiger partial charge is 0.497 e. The number of aliphatic imine (C=N–C) groups is 1. The second-order valence-electron chi connectivity index (χ2n) is 8.68. The molecular formula is C21H29N3O7S2. The van der Waals surface area contributed by atoms with E-state index in [0.29, 0.717) is 22.4 Å². The highest BCUT2D eigenvalue weighted by Crippen LogP contribution is 2.45. The Morgan fingerprint density at radius 1 is 1.21 bits per heavy atom. The number of fused-ring (bicyclic) bond motifs is 1. The van der Waals surface area contributed by atoms with Gasteiger partial charge >= 0.3 is 6.09 Å². The molecule has 0 radical (unpaired) electrons. The molecule has 0 spiro atoms. The first-order chi connectivity index (χ1) is 15.4. The number of nitrogens with one attached hydrogen (secondary N) is 1. The fourth-order valence-electron chi connectivity index (χ4n) is 3.58. The zero-order valence-corrected chi connectivity index (χ0v) is 20.9. The summed E-state index contributed by atoms with van der Waals surface area (Å²) in [5.41, 5.74) is -0.0594. The van der Waals surface area contributed by atoms with Crippen LogP contribution in [0.15, 0.2) is 23.2 Å². The van der Waals surface area contributed by atoms with Crippen LogP contribution in [0.2, 0.25) is 0 Å². The number of hydrogen-bond acceptors (Lipinski definition) is 8. The minimum Gasteiger partial charge on any atom is -0.497 e. The lowest BCUT2D eigenvalue weighted by Gasteiger charge is -2.26. The number of amides is 2. The highest BCUT2D eigenvalue weighted by molar-refractivity contribution is 8.16. The van der Waals surface area contributed by atoms with Gasteiger partial charge < -0.3 is 24.4 Å². The van der Waals surface area contributed by atoms with E-state index in [4.69, 9.17) is 14.2 Å². The molecule has 12 heteroatoms. The molecule has 0 saturated carbocycles. The molecule has 2 atom stereocenters. The number of hydrogen-bond donors (Lipinski definition) is 1. The van der Waals surface area contributed by atoms with Crippen molar-refractivity contribution in [3.05, 3.63) is 18.2 Å². The minimum absolute atomic E-state index is 0.0124. The summed E-state index contributed by atoms with van der Waals surface area (Å²) < 4.78 is 40.5. The maximum atomic E-state index is 12.6. The number of thioether (sulfide) groups is 1. The number of nitrogens with zero attached hydrogens (tertiary/aromatic N) is 2. The average Bonchev–Trinajstić information content (AvgIpc) is 3.16. The lowest BCUT2D eigenvalue weighted by molar-refractivity contribution is -0.117. The van der Waals surface area contributed by atoms with Crippen LogP contribution in [0.4, 0.5) is 10.5 Å². The lowest BCUT2D eigenvalue weighted by Crippen LogP contribution is -2.38. The van der Waals surface area contributed by atoms with Crippen molar-refractivity contribution in [3.8, 4) is 11.5 Å². The number of carbonyl (C=O) groups excluding carboxylic acids is 2. The van der Waals surface area contributed by atoms with Gasteiger partial charge in [0.15, 0.2) is 15.0 Å². The summed E-state index contributed by atoms with van der Waals surface area (Å²) in [7, 11) is -0.162. The molecule has 2 aliphatic heterocycles. The van der Waals surface area contributed by atoms with Crippen molar-refractivity contribution >= 4 is 44.5 Å². The molecular weight excluding hydrogens is 470 g/mol. The summed E-state index contributed by atoms with van der Waals surface area (Å²) in [4.78, 5) is 30.3. The molecule has 2 aliphatic rings. The quantitative estimate of drug-likeness (QED) is 0.627. The molecule has 182 valence electrons. The first-order valence-electron chi connectivity index (χ1n) is 10.4. The summed E-state index contributed by atoms with van der Waals surface area (Å²) in [5.74, 6) is 0.598. The van der Waals surface area contributed by atoms with Gasteiger partial charge in [0.05, 0.1) is 37.5 Å². The molecule has 0 unspecified atom stereocenters. The maximum absolute atomic E-state index is 12.6. The van der Waals surface area contributed by atoms with E-state index in [1.165, 1.54) is 26.0 Å². The molecule has 33 heavy (non-hydrogen) atoms. The predicted molar refractivity (Wildman–Crippen MR) is 127 cm³/mol. The van der Waals surface area contributed by atoms with Crippen LogP contribution in [0.1, 0.15) is 27.2 Å². The summed E-state index contributed by atoms with van der Waals surface area (Å²) in [5, 5.41) is 2.68. The second kappa shape index (κ2) is 9.80. The number of alkyl carbamates (subject to hydrolysis) is 1. The normalized spacial score (nSPS) is 22.7. The summed E-state index contributed by atoms with van der Waals surface area (Å²) in [6, 6.07) is 4.81. The van der Waals surface area contributed by atoms with E-state index in [-0.39, 0.29) is 35.8 Å². The van der Waals surface area contributed by atoms with E-state index in [2.05, 4.69) is 10.3 Å². The average molecular weight is 500 g/mol. The molecule has 3 rings (SSSR count). The SMILES string of the molecule is COc1ccc(OC)c(N2C(=NC(=O)CCNC(=O)OC(C)(C)C)S[C@@H]3CS(=O)(=O)C[C@H]32)c1. The van der Waals surface area contributed by atoms with Crippen LogP contribution in [0.3, 0.4) is 0 Å². The summed E-state index contributed by atoms with van der Waals surface area (Å²) >= 11 is 1.26. The Hall–Kier alpha value is -2.47. The summed E-state index contributed by atoms with van der Waals surface area (Å²) in [6.45, 7) is 5.32. The Labute approximate surface area is 198 Å². The maximum Gasteiger partial charge on any atom is 0.407 e. The van der Waals surface area contributed by atoms with Crippen molar-refractivity contribution in [2.45, 2.75) is 44.1 Å². The van der Waals surface area contributed by atoms with Crippen LogP contribution in [0.25, 0.3) is 0 Å². The van der Waals surface area contributed by atoms with Gasteiger partial charge in [-0.1, -0.05) is 11.8 Å².